The van der Waals surface area contributed by atoms with E-state index in [-0.39, 0.29) is 35.1 Å². The van der Waals surface area contributed by atoms with Crippen LogP contribution < -0.4 is 16.4 Å². The molecule has 38 heavy (non-hydrogen) atoms. The first-order valence-electron chi connectivity index (χ1n) is 12.4. The lowest BCUT2D eigenvalue weighted by atomic mass is 10.1. The topological polar surface area (TPSA) is 146 Å². The largest absolute Gasteiger partial charge is 0.411 e. The number of urea groups is 1. The van der Waals surface area contributed by atoms with Crippen LogP contribution in [0, 0.1) is 5.82 Å². The quantitative estimate of drug-likeness (QED) is 0.254. The number of carbonyl (C=O) groups excluding carboxylic acids is 1. The summed E-state index contributed by atoms with van der Waals surface area (Å²) >= 11 is 0. The van der Waals surface area contributed by atoms with Crippen molar-refractivity contribution in [2.75, 3.05) is 16.4 Å². The summed E-state index contributed by atoms with van der Waals surface area (Å²) in [7, 11) is -1.96. The number of amides is 2. The molecule has 0 bridgehead atoms. The second-order valence-corrected chi connectivity index (χ2v) is 15.8. The maximum atomic E-state index is 15.0. The highest BCUT2D eigenvalue weighted by Gasteiger charge is 2.37. The maximum absolute atomic E-state index is 15.0. The van der Waals surface area contributed by atoms with Gasteiger partial charge in [-0.3, -0.25) is 5.32 Å². The third kappa shape index (κ3) is 5.11. The van der Waals surface area contributed by atoms with Crippen LogP contribution in [0.5, 0.6) is 0 Å². The molecular weight excluding hydrogens is 507 g/mol. The molecule has 5 rings (SSSR count). The van der Waals surface area contributed by atoms with Gasteiger partial charge >= 0.3 is 6.03 Å². The number of hydrogen-bond acceptors (Lipinski definition) is 8. The summed E-state index contributed by atoms with van der Waals surface area (Å²) in [4.78, 5) is 20.9. The number of nitrogens with one attached hydrogen (secondary N) is 2. The first-order valence-corrected chi connectivity index (χ1v) is 15.3. The third-order valence-electron chi connectivity index (χ3n) is 7.08. The Balaban J connectivity index is 1.27. The third-order valence-corrected chi connectivity index (χ3v) is 11.6. The van der Waals surface area contributed by atoms with Crippen LogP contribution in [-0.4, -0.2) is 39.3 Å². The van der Waals surface area contributed by atoms with Gasteiger partial charge in [-0.2, -0.15) is 5.10 Å². The van der Waals surface area contributed by atoms with Gasteiger partial charge in [0.2, 0.25) is 5.88 Å². The number of nitrogens with zero attached hydrogens (tertiary/aromatic N) is 5. The molecule has 11 nitrogen and oxygen atoms in total. The van der Waals surface area contributed by atoms with Crippen LogP contribution in [0.25, 0.3) is 22.3 Å². The molecule has 0 radical (unpaired) electrons. The van der Waals surface area contributed by atoms with Crippen LogP contribution in [0.4, 0.5) is 26.6 Å². The van der Waals surface area contributed by atoms with E-state index >= 15 is 4.39 Å². The van der Waals surface area contributed by atoms with E-state index in [9.17, 15) is 4.79 Å². The van der Waals surface area contributed by atoms with Gasteiger partial charge in [0, 0.05) is 11.6 Å². The van der Waals surface area contributed by atoms with Crippen LogP contribution in [-0.2, 0) is 11.0 Å². The molecular formula is C25H31FN8O3Si. The molecule has 0 unspecified atom stereocenters. The SMILES string of the molecule is CC(C)(C)[Si](C)(C)OCc1cc(NC(=O)Nc2ccc(-c3nn(C4CC4)c4ncnc(N)c34)cc2F)on1. The molecule has 1 aliphatic rings. The van der Waals surface area contributed by atoms with Gasteiger partial charge in [-0.05, 0) is 43.1 Å². The minimum atomic E-state index is -1.96. The van der Waals surface area contributed by atoms with Crippen LogP contribution in [0.1, 0.15) is 45.3 Å². The van der Waals surface area contributed by atoms with Gasteiger partial charge in [0.1, 0.15) is 29.4 Å². The number of hydrogen-bond donors (Lipinski definition) is 3. The zero-order chi connectivity index (χ0) is 27.2. The van der Waals surface area contributed by atoms with Crippen LogP contribution in [0.2, 0.25) is 18.1 Å². The normalized spacial score (nSPS) is 14.2. The van der Waals surface area contributed by atoms with Gasteiger partial charge in [0.05, 0.1) is 23.7 Å². The van der Waals surface area contributed by atoms with Crippen molar-refractivity contribution >= 4 is 42.8 Å². The van der Waals surface area contributed by atoms with Crippen LogP contribution >= 0.6 is 0 Å². The standard InChI is InChI=1S/C25H31FN8O3Si/c1-25(2,3)38(4,5)36-12-15-11-19(37-33-15)31-24(35)30-18-9-6-14(10-17(18)26)21-20-22(27)28-13-29-23(20)34(32-21)16-7-8-16/h6,9-11,13,16H,7-8,12H2,1-5H3,(H2,27,28,29)(H2,30,31,35). The number of halogens is 1. The zero-order valence-electron chi connectivity index (χ0n) is 22.0. The minimum Gasteiger partial charge on any atom is -0.411 e. The Morgan fingerprint density at radius 2 is 2.00 bits per heavy atom. The molecule has 0 spiro atoms. The summed E-state index contributed by atoms with van der Waals surface area (Å²) in [5.74, 6) is -0.232. The van der Waals surface area contributed by atoms with Gasteiger partial charge < -0.3 is 20.0 Å². The van der Waals surface area contributed by atoms with Crippen molar-refractivity contribution in [3.63, 3.8) is 0 Å². The summed E-state index contributed by atoms with van der Waals surface area (Å²) < 4.78 is 28.2. The number of nitrogens with two attached hydrogens (primary N) is 1. The van der Waals surface area contributed by atoms with E-state index < -0.39 is 20.2 Å². The van der Waals surface area contributed by atoms with Gasteiger partial charge in [-0.25, -0.2) is 23.8 Å². The fourth-order valence-corrected chi connectivity index (χ4v) is 4.65. The average molecular weight is 539 g/mol. The predicted octanol–water partition coefficient (Wildman–Crippen LogP) is 5.70. The number of nitrogen functional groups attached to an aromatic ring is 1. The Morgan fingerprint density at radius 3 is 2.68 bits per heavy atom. The zero-order valence-corrected chi connectivity index (χ0v) is 23.0. The lowest BCUT2D eigenvalue weighted by molar-refractivity contribution is 0.260. The van der Waals surface area contributed by atoms with Crippen molar-refractivity contribution in [3.8, 4) is 11.3 Å². The lowest BCUT2D eigenvalue weighted by Gasteiger charge is -2.35. The molecule has 13 heteroatoms. The second kappa shape index (κ2) is 9.47. The highest BCUT2D eigenvalue weighted by molar-refractivity contribution is 6.74. The van der Waals surface area contributed by atoms with Gasteiger partial charge in [0.25, 0.3) is 0 Å². The van der Waals surface area contributed by atoms with E-state index in [4.69, 9.17) is 14.7 Å². The summed E-state index contributed by atoms with van der Waals surface area (Å²) in [6.07, 6.45) is 3.40. The summed E-state index contributed by atoms with van der Waals surface area (Å²) in [6.45, 7) is 11.0. The van der Waals surface area contributed by atoms with Crippen molar-refractivity contribution in [1.29, 1.82) is 0 Å². The molecule has 0 aliphatic heterocycles. The Hall–Kier alpha value is -3.84. The van der Waals surface area contributed by atoms with Crippen molar-refractivity contribution in [3.05, 3.63) is 42.1 Å². The van der Waals surface area contributed by atoms with Crippen molar-refractivity contribution < 1.29 is 18.1 Å². The fourth-order valence-electron chi connectivity index (χ4n) is 3.71. The average Bonchev–Trinajstić information content (AvgIpc) is 3.46. The highest BCUT2D eigenvalue weighted by Crippen LogP contribution is 2.40. The molecule has 200 valence electrons. The molecule has 4 aromatic rings. The Morgan fingerprint density at radius 1 is 1.24 bits per heavy atom. The van der Waals surface area contributed by atoms with Crippen molar-refractivity contribution in [2.24, 2.45) is 0 Å². The first kappa shape index (κ1) is 25.8. The predicted molar refractivity (Wildman–Crippen MR) is 145 cm³/mol. The van der Waals surface area contributed by atoms with E-state index in [0.29, 0.717) is 28.0 Å². The molecule has 3 aromatic heterocycles. The number of rotatable bonds is 7. The van der Waals surface area contributed by atoms with Gasteiger partial charge in [-0.1, -0.05) is 32.0 Å². The molecule has 1 fully saturated rings. The second-order valence-electron chi connectivity index (χ2n) is 11.0. The first-order chi connectivity index (χ1) is 17.9. The van der Waals surface area contributed by atoms with E-state index in [0.717, 1.165) is 12.8 Å². The van der Waals surface area contributed by atoms with Gasteiger partial charge in [-0.15, -0.1) is 0 Å². The summed E-state index contributed by atoms with van der Waals surface area (Å²) in [5, 5.41) is 14.3. The molecule has 0 saturated heterocycles. The number of benzene rings is 1. The fraction of sp³-hybridized carbons (Fsp3) is 0.400. The van der Waals surface area contributed by atoms with E-state index in [1.165, 1.54) is 18.5 Å². The Bertz CT molecular complexity index is 1510. The Labute approximate surface area is 220 Å². The lowest BCUT2D eigenvalue weighted by Crippen LogP contribution is -2.40. The van der Waals surface area contributed by atoms with Crippen LogP contribution in [0.15, 0.2) is 35.1 Å². The van der Waals surface area contributed by atoms with E-state index in [1.54, 1.807) is 12.1 Å². The number of anilines is 3. The van der Waals surface area contributed by atoms with E-state index in [2.05, 4.69) is 64.7 Å². The number of fused-ring (bicyclic) bond motifs is 1. The summed E-state index contributed by atoms with van der Waals surface area (Å²) in [5.41, 5.74) is 8.28. The molecule has 0 atom stereocenters. The maximum Gasteiger partial charge on any atom is 0.326 e. The molecule has 3 heterocycles. The summed E-state index contributed by atoms with van der Waals surface area (Å²) in [6, 6.07) is 5.59. The molecule has 1 aliphatic carbocycles. The Kier molecular flexibility index (Phi) is 6.43. The monoisotopic (exact) mass is 538 g/mol. The van der Waals surface area contributed by atoms with Crippen molar-refractivity contribution in [1.82, 2.24) is 24.9 Å². The molecule has 1 aromatic carbocycles. The van der Waals surface area contributed by atoms with Crippen LogP contribution in [0.3, 0.4) is 0 Å². The smallest absolute Gasteiger partial charge is 0.326 e. The highest BCUT2D eigenvalue weighted by atomic mass is 28.4. The number of aromatic nitrogens is 5. The molecule has 4 N–H and O–H groups in total. The van der Waals surface area contributed by atoms with Gasteiger partial charge in [0.15, 0.2) is 14.0 Å². The van der Waals surface area contributed by atoms with E-state index in [1.807, 2.05) is 4.68 Å². The molecule has 2 amide bonds. The number of carbonyl (C=O) groups is 1. The molecule has 1 saturated carbocycles. The minimum absolute atomic E-state index is 0.0117. The van der Waals surface area contributed by atoms with Crippen molar-refractivity contribution in [2.45, 2.75) is 64.4 Å².